The second-order valence-electron chi connectivity index (χ2n) is 5.16. The number of hydrogen-bond acceptors (Lipinski definition) is 4. The van der Waals surface area contributed by atoms with E-state index in [0.29, 0.717) is 30.9 Å². The maximum absolute atomic E-state index is 12.5. The van der Waals surface area contributed by atoms with E-state index in [1.54, 1.807) is 32.9 Å². The van der Waals surface area contributed by atoms with Gasteiger partial charge in [-0.2, -0.15) is 4.31 Å². The van der Waals surface area contributed by atoms with Gasteiger partial charge in [-0.25, -0.2) is 8.42 Å². The summed E-state index contributed by atoms with van der Waals surface area (Å²) in [6.07, 6.45) is 0.864. The highest BCUT2D eigenvalue weighted by Crippen LogP contribution is 2.24. The molecule has 1 amide bonds. The Morgan fingerprint density at radius 1 is 1.22 bits per heavy atom. The summed E-state index contributed by atoms with van der Waals surface area (Å²) < 4.78 is 31.8. The van der Waals surface area contributed by atoms with E-state index >= 15 is 0 Å². The van der Waals surface area contributed by atoms with Crippen molar-refractivity contribution in [3.8, 4) is 5.75 Å². The molecule has 0 unspecified atom stereocenters. The number of carbonyl (C=O) groups excluding carboxylic acids is 1. The van der Waals surface area contributed by atoms with Crippen LogP contribution in [0.15, 0.2) is 23.1 Å². The van der Waals surface area contributed by atoms with Crippen molar-refractivity contribution >= 4 is 15.9 Å². The van der Waals surface area contributed by atoms with E-state index in [1.165, 1.54) is 10.4 Å². The normalized spacial score (nSPS) is 11.5. The van der Waals surface area contributed by atoms with Gasteiger partial charge in [-0.05, 0) is 37.1 Å². The summed E-state index contributed by atoms with van der Waals surface area (Å²) in [5.74, 6) is 0.321. The number of amides is 1. The van der Waals surface area contributed by atoms with Gasteiger partial charge in [0.1, 0.15) is 5.75 Å². The van der Waals surface area contributed by atoms with Crippen molar-refractivity contribution < 1.29 is 17.9 Å². The van der Waals surface area contributed by atoms with Gasteiger partial charge in [-0.1, -0.05) is 20.8 Å². The first-order valence-corrected chi connectivity index (χ1v) is 9.31. The van der Waals surface area contributed by atoms with Gasteiger partial charge in [0.05, 0.1) is 4.90 Å². The zero-order valence-electron chi connectivity index (χ0n) is 14.3. The monoisotopic (exact) mass is 342 g/mol. The molecule has 0 atom stereocenters. The molecule has 1 aromatic carbocycles. The predicted molar refractivity (Wildman–Crippen MR) is 90.1 cm³/mol. The van der Waals surface area contributed by atoms with Gasteiger partial charge in [0.15, 0.2) is 6.61 Å². The van der Waals surface area contributed by atoms with Gasteiger partial charge in [0.2, 0.25) is 10.0 Å². The first-order chi connectivity index (χ1) is 10.9. The van der Waals surface area contributed by atoms with Gasteiger partial charge in [-0.3, -0.25) is 4.79 Å². The van der Waals surface area contributed by atoms with E-state index in [1.807, 2.05) is 6.92 Å². The SMILES string of the molecule is CCCNC(=O)COc1ccc(S(=O)(=O)N(CC)CC)cc1C. The van der Waals surface area contributed by atoms with Crippen LogP contribution in [0, 0.1) is 6.92 Å². The molecule has 0 radical (unpaired) electrons. The zero-order chi connectivity index (χ0) is 17.5. The minimum atomic E-state index is -3.49. The van der Waals surface area contributed by atoms with Crippen molar-refractivity contribution in [2.24, 2.45) is 0 Å². The summed E-state index contributed by atoms with van der Waals surface area (Å²) in [4.78, 5) is 11.8. The molecule has 0 heterocycles. The third kappa shape index (κ3) is 5.21. The number of rotatable bonds is 9. The van der Waals surface area contributed by atoms with Crippen LogP contribution >= 0.6 is 0 Å². The third-order valence-corrected chi connectivity index (χ3v) is 5.47. The van der Waals surface area contributed by atoms with Gasteiger partial charge in [0, 0.05) is 19.6 Å². The fourth-order valence-corrected chi connectivity index (χ4v) is 3.66. The molecule has 6 nitrogen and oxygen atoms in total. The number of nitrogens with one attached hydrogen (secondary N) is 1. The largest absolute Gasteiger partial charge is 0.484 e. The number of sulfonamides is 1. The summed E-state index contributed by atoms with van der Waals surface area (Å²) in [7, 11) is -3.49. The van der Waals surface area contributed by atoms with Crippen LogP contribution in [0.1, 0.15) is 32.8 Å². The molecule has 0 spiro atoms. The molecular weight excluding hydrogens is 316 g/mol. The highest BCUT2D eigenvalue weighted by molar-refractivity contribution is 7.89. The smallest absolute Gasteiger partial charge is 0.257 e. The van der Waals surface area contributed by atoms with Crippen molar-refractivity contribution in [3.05, 3.63) is 23.8 Å². The lowest BCUT2D eigenvalue weighted by molar-refractivity contribution is -0.123. The second kappa shape index (κ2) is 8.88. The van der Waals surface area contributed by atoms with Crippen molar-refractivity contribution in [2.45, 2.75) is 39.0 Å². The molecule has 0 aliphatic rings. The summed E-state index contributed by atoms with van der Waals surface area (Å²) in [5, 5.41) is 2.72. The lowest BCUT2D eigenvalue weighted by Crippen LogP contribution is -2.30. The Morgan fingerprint density at radius 3 is 2.39 bits per heavy atom. The molecule has 1 aromatic rings. The summed E-state index contributed by atoms with van der Waals surface area (Å²) in [6, 6.07) is 4.69. The molecule has 0 aromatic heterocycles. The number of aryl methyl sites for hydroxylation is 1. The van der Waals surface area contributed by atoms with Crippen molar-refractivity contribution in [1.82, 2.24) is 9.62 Å². The van der Waals surface area contributed by atoms with E-state index in [0.717, 1.165) is 6.42 Å². The molecule has 0 bridgehead atoms. The van der Waals surface area contributed by atoms with Crippen LogP contribution in [0.3, 0.4) is 0 Å². The van der Waals surface area contributed by atoms with Gasteiger partial charge >= 0.3 is 0 Å². The van der Waals surface area contributed by atoms with Crippen molar-refractivity contribution in [1.29, 1.82) is 0 Å². The molecular formula is C16H26N2O4S. The second-order valence-corrected chi connectivity index (χ2v) is 7.09. The molecule has 1 N–H and O–H groups in total. The number of ether oxygens (including phenoxy) is 1. The first-order valence-electron chi connectivity index (χ1n) is 7.87. The topological polar surface area (TPSA) is 75.7 Å². The van der Waals surface area contributed by atoms with Crippen LogP contribution in [0.4, 0.5) is 0 Å². The summed E-state index contributed by atoms with van der Waals surface area (Å²) >= 11 is 0. The van der Waals surface area contributed by atoms with E-state index in [9.17, 15) is 13.2 Å². The molecule has 1 rings (SSSR count). The number of hydrogen-bond donors (Lipinski definition) is 1. The minimum absolute atomic E-state index is 0.0804. The Labute approximate surface area is 138 Å². The van der Waals surface area contributed by atoms with E-state index in [4.69, 9.17) is 4.74 Å². The predicted octanol–water partition coefficient (Wildman–Crippen LogP) is 1.93. The van der Waals surface area contributed by atoms with Gasteiger partial charge < -0.3 is 10.1 Å². The maximum Gasteiger partial charge on any atom is 0.257 e. The van der Waals surface area contributed by atoms with Crippen LogP contribution in [0.2, 0.25) is 0 Å². The standard InChI is InChI=1S/C16H26N2O4S/c1-5-10-17-16(19)12-22-15-9-8-14(11-13(15)4)23(20,21)18(6-2)7-3/h8-9,11H,5-7,10,12H2,1-4H3,(H,17,19). The van der Waals surface area contributed by atoms with Crippen LogP contribution in [0.5, 0.6) is 5.75 Å². The Kier molecular flexibility index (Phi) is 7.51. The Balaban J connectivity index is 2.84. The van der Waals surface area contributed by atoms with Crippen LogP contribution in [-0.4, -0.2) is 44.9 Å². The fourth-order valence-electron chi connectivity index (χ4n) is 2.12. The molecule has 0 saturated heterocycles. The highest BCUT2D eigenvalue weighted by Gasteiger charge is 2.22. The number of benzene rings is 1. The van der Waals surface area contributed by atoms with E-state index in [2.05, 4.69) is 5.32 Å². The molecule has 0 fully saturated rings. The molecule has 7 heteroatoms. The molecule has 0 aliphatic carbocycles. The van der Waals surface area contributed by atoms with Crippen LogP contribution in [-0.2, 0) is 14.8 Å². The van der Waals surface area contributed by atoms with E-state index in [-0.39, 0.29) is 17.4 Å². The fraction of sp³-hybridized carbons (Fsp3) is 0.562. The Bertz CT molecular complexity index is 625. The Hall–Kier alpha value is -1.60. The van der Waals surface area contributed by atoms with Crippen LogP contribution < -0.4 is 10.1 Å². The van der Waals surface area contributed by atoms with E-state index < -0.39 is 10.0 Å². The molecule has 0 saturated carbocycles. The average molecular weight is 342 g/mol. The molecule has 23 heavy (non-hydrogen) atoms. The van der Waals surface area contributed by atoms with Crippen molar-refractivity contribution in [3.63, 3.8) is 0 Å². The zero-order valence-corrected chi connectivity index (χ0v) is 15.1. The first kappa shape index (κ1) is 19.4. The summed E-state index contributed by atoms with van der Waals surface area (Å²) in [6.45, 7) is 8.73. The number of carbonyl (C=O) groups is 1. The summed E-state index contributed by atoms with van der Waals surface area (Å²) in [5.41, 5.74) is 0.682. The third-order valence-electron chi connectivity index (χ3n) is 3.42. The molecule has 130 valence electrons. The van der Waals surface area contributed by atoms with Crippen molar-refractivity contribution in [2.75, 3.05) is 26.2 Å². The quantitative estimate of drug-likeness (QED) is 0.744. The number of nitrogens with zero attached hydrogens (tertiary/aromatic N) is 1. The molecule has 0 aliphatic heterocycles. The maximum atomic E-state index is 12.5. The van der Waals surface area contributed by atoms with Gasteiger partial charge in [0.25, 0.3) is 5.91 Å². The Morgan fingerprint density at radius 2 is 1.87 bits per heavy atom. The minimum Gasteiger partial charge on any atom is -0.484 e. The highest BCUT2D eigenvalue weighted by atomic mass is 32.2. The van der Waals surface area contributed by atoms with Gasteiger partial charge in [-0.15, -0.1) is 0 Å². The average Bonchev–Trinajstić information content (AvgIpc) is 2.52. The lowest BCUT2D eigenvalue weighted by Gasteiger charge is -2.19. The van der Waals surface area contributed by atoms with Crippen LogP contribution in [0.25, 0.3) is 0 Å². The lowest BCUT2D eigenvalue weighted by atomic mass is 10.2.